The zero-order chi connectivity index (χ0) is 13.0. The highest BCUT2D eigenvalue weighted by molar-refractivity contribution is 5.80. The second-order valence-corrected chi connectivity index (χ2v) is 3.76. The molecule has 2 aromatic carbocycles. The Kier molecular flexibility index (Phi) is 3.38. The molecule has 4 N–H and O–H groups in total. The first-order valence-corrected chi connectivity index (χ1v) is 5.40. The third-order valence-corrected chi connectivity index (χ3v) is 2.37. The number of H-pyrrole nitrogens is 1. The monoisotopic (exact) mass is 243 g/mol. The first-order valence-electron chi connectivity index (χ1n) is 5.40. The molecule has 3 aromatic rings. The molecule has 0 fully saturated rings. The Hall–Kier alpha value is -2.62. The predicted octanol–water partition coefficient (Wildman–Crippen LogP) is 2.97. The topological polar surface area (TPSA) is 76.5 Å². The molecule has 0 spiro atoms. The summed E-state index contributed by atoms with van der Waals surface area (Å²) in [7, 11) is 0. The minimum Gasteiger partial charge on any atom is -0.508 e. The summed E-state index contributed by atoms with van der Waals surface area (Å²) in [4.78, 5) is 2.81. The summed E-state index contributed by atoms with van der Waals surface area (Å²) in [6.07, 6.45) is 0. The molecule has 0 saturated carbocycles. The van der Waals surface area contributed by atoms with E-state index in [1.54, 1.807) is 6.07 Å². The standard InChI is InChI=1S/C8H7NO.C6H6O2/c10-8-5-6-3-1-2-4-7(6)9-8;7-5-1-2-6(8)4-3-5/h1-5,9-10H;1-4,7-8H. The van der Waals surface area contributed by atoms with Gasteiger partial charge in [0.15, 0.2) is 5.88 Å². The lowest BCUT2D eigenvalue weighted by molar-refractivity contribution is 0.458. The highest BCUT2D eigenvalue weighted by Crippen LogP contribution is 2.17. The van der Waals surface area contributed by atoms with Crippen molar-refractivity contribution in [3.05, 3.63) is 54.6 Å². The van der Waals surface area contributed by atoms with Gasteiger partial charge in [-0.25, -0.2) is 0 Å². The maximum absolute atomic E-state index is 9.00. The number of benzene rings is 2. The van der Waals surface area contributed by atoms with Crippen molar-refractivity contribution in [1.29, 1.82) is 0 Å². The maximum Gasteiger partial charge on any atom is 0.189 e. The number of hydrogen-bond acceptors (Lipinski definition) is 3. The molecule has 0 aliphatic rings. The highest BCUT2D eigenvalue weighted by Gasteiger charge is 1.94. The Bertz CT molecular complexity index is 575. The number of nitrogens with one attached hydrogen (secondary N) is 1. The van der Waals surface area contributed by atoms with Gasteiger partial charge in [0.25, 0.3) is 0 Å². The number of fused-ring (bicyclic) bond motifs is 1. The largest absolute Gasteiger partial charge is 0.508 e. The number of hydrogen-bond donors (Lipinski definition) is 4. The molecule has 92 valence electrons. The first-order chi connectivity index (χ1) is 8.65. The lowest BCUT2D eigenvalue weighted by Gasteiger charge is -1.88. The van der Waals surface area contributed by atoms with Crippen LogP contribution in [0.15, 0.2) is 54.6 Å². The van der Waals surface area contributed by atoms with Crippen LogP contribution >= 0.6 is 0 Å². The molecule has 4 nitrogen and oxygen atoms in total. The SMILES string of the molecule is Oc1cc2ccccc2[nH]1.Oc1ccc(O)cc1. The molecule has 0 unspecified atom stereocenters. The van der Waals surface area contributed by atoms with Gasteiger partial charge in [-0.05, 0) is 30.3 Å². The van der Waals surface area contributed by atoms with Crippen molar-refractivity contribution in [2.24, 2.45) is 0 Å². The van der Waals surface area contributed by atoms with Gasteiger partial charge in [-0.2, -0.15) is 0 Å². The Morgan fingerprint density at radius 2 is 1.28 bits per heavy atom. The molecule has 0 bridgehead atoms. The molecule has 1 aromatic heterocycles. The predicted molar refractivity (Wildman–Crippen MR) is 69.7 cm³/mol. The van der Waals surface area contributed by atoms with E-state index in [4.69, 9.17) is 15.3 Å². The van der Waals surface area contributed by atoms with E-state index in [1.165, 1.54) is 24.3 Å². The van der Waals surface area contributed by atoms with Crippen LogP contribution in [0.1, 0.15) is 0 Å². The van der Waals surface area contributed by atoms with Crippen LogP contribution in [0.5, 0.6) is 17.4 Å². The molecule has 0 amide bonds. The van der Waals surface area contributed by atoms with E-state index in [2.05, 4.69) is 4.98 Å². The second-order valence-electron chi connectivity index (χ2n) is 3.76. The number of phenolic OH excluding ortho intramolecular Hbond substituents is 2. The number of para-hydroxylation sites is 1. The summed E-state index contributed by atoms with van der Waals surface area (Å²) >= 11 is 0. The molecule has 0 aliphatic carbocycles. The summed E-state index contributed by atoms with van der Waals surface area (Å²) in [6, 6.07) is 15.2. The van der Waals surface area contributed by atoms with Crippen LogP contribution in [0.2, 0.25) is 0 Å². The molecule has 18 heavy (non-hydrogen) atoms. The van der Waals surface area contributed by atoms with E-state index in [1.807, 2.05) is 24.3 Å². The fourth-order valence-corrected chi connectivity index (χ4v) is 1.51. The van der Waals surface area contributed by atoms with Crippen molar-refractivity contribution < 1.29 is 15.3 Å². The number of phenols is 2. The average molecular weight is 243 g/mol. The van der Waals surface area contributed by atoms with Crippen molar-refractivity contribution in [2.75, 3.05) is 0 Å². The van der Waals surface area contributed by atoms with E-state index >= 15 is 0 Å². The summed E-state index contributed by atoms with van der Waals surface area (Å²) in [5.41, 5.74) is 0.972. The zero-order valence-electron chi connectivity index (χ0n) is 9.54. The zero-order valence-corrected chi connectivity index (χ0v) is 9.54. The molecule has 3 rings (SSSR count). The Labute approximate surface area is 104 Å². The fourth-order valence-electron chi connectivity index (χ4n) is 1.51. The van der Waals surface area contributed by atoms with Crippen LogP contribution in [-0.2, 0) is 0 Å². The third-order valence-electron chi connectivity index (χ3n) is 2.37. The number of aromatic amines is 1. The average Bonchev–Trinajstić information content (AvgIpc) is 2.74. The van der Waals surface area contributed by atoms with Crippen molar-refractivity contribution in [1.82, 2.24) is 4.98 Å². The van der Waals surface area contributed by atoms with Gasteiger partial charge in [-0.15, -0.1) is 0 Å². The first kappa shape index (κ1) is 11.9. The molecule has 0 atom stereocenters. The molecule has 0 aliphatic heterocycles. The van der Waals surface area contributed by atoms with Gasteiger partial charge in [0.1, 0.15) is 11.5 Å². The van der Waals surface area contributed by atoms with E-state index < -0.39 is 0 Å². The van der Waals surface area contributed by atoms with Crippen LogP contribution in [0.25, 0.3) is 10.9 Å². The van der Waals surface area contributed by atoms with Crippen LogP contribution in [0.3, 0.4) is 0 Å². The Balaban J connectivity index is 0.000000138. The second kappa shape index (κ2) is 5.14. The smallest absolute Gasteiger partial charge is 0.189 e. The van der Waals surface area contributed by atoms with Gasteiger partial charge < -0.3 is 20.3 Å². The van der Waals surface area contributed by atoms with Gasteiger partial charge >= 0.3 is 0 Å². The summed E-state index contributed by atoms with van der Waals surface area (Å²) in [5, 5.41) is 27.3. The minimum absolute atomic E-state index is 0.169. The number of rotatable bonds is 0. The number of aromatic hydroxyl groups is 3. The van der Waals surface area contributed by atoms with Crippen molar-refractivity contribution in [3.63, 3.8) is 0 Å². The molecule has 1 heterocycles. The van der Waals surface area contributed by atoms with Gasteiger partial charge in [0.05, 0.1) is 0 Å². The van der Waals surface area contributed by atoms with Gasteiger partial charge in [0.2, 0.25) is 0 Å². The molecular formula is C14H13NO3. The van der Waals surface area contributed by atoms with E-state index in [-0.39, 0.29) is 17.4 Å². The van der Waals surface area contributed by atoms with Crippen molar-refractivity contribution in [3.8, 4) is 17.4 Å². The Morgan fingerprint density at radius 1 is 0.722 bits per heavy atom. The lowest BCUT2D eigenvalue weighted by Crippen LogP contribution is -1.62. The van der Waals surface area contributed by atoms with Gasteiger partial charge in [-0.3, -0.25) is 0 Å². The summed E-state index contributed by atoms with van der Waals surface area (Å²) in [5.74, 6) is 0.562. The van der Waals surface area contributed by atoms with Gasteiger partial charge in [0, 0.05) is 17.0 Å². The van der Waals surface area contributed by atoms with E-state index in [0.717, 1.165) is 10.9 Å². The highest BCUT2D eigenvalue weighted by atomic mass is 16.3. The van der Waals surface area contributed by atoms with Gasteiger partial charge in [-0.1, -0.05) is 18.2 Å². The third kappa shape index (κ3) is 2.95. The minimum atomic E-state index is 0.169. The van der Waals surface area contributed by atoms with E-state index in [9.17, 15) is 0 Å². The fraction of sp³-hybridized carbons (Fsp3) is 0. The quantitative estimate of drug-likeness (QED) is 0.458. The van der Waals surface area contributed by atoms with Crippen LogP contribution in [-0.4, -0.2) is 20.3 Å². The summed E-state index contributed by atoms with van der Waals surface area (Å²) in [6.45, 7) is 0. The normalized spacial score (nSPS) is 9.78. The summed E-state index contributed by atoms with van der Waals surface area (Å²) < 4.78 is 0. The van der Waals surface area contributed by atoms with Crippen LogP contribution in [0.4, 0.5) is 0 Å². The Morgan fingerprint density at radius 3 is 1.83 bits per heavy atom. The molecular weight excluding hydrogens is 230 g/mol. The maximum atomic E-state index is 9.00. The molecule has 0 radical (unpaired) electrons. The molecule has 0 saturated heterocycles. The number of aromatic nitrogens is 1. The molecule has 4 heteroatoms. The van der Waals surface area contributed by atoms with Crippen molar-refractivity contribution in [2.45, 2.75) is 0 Å². The van der Waals surface area contributed by atoms with Crippen molar-refractivity contribution >= 4 is 10.9 Å². The van der Waals surface area contributed by atoms with E-state index in [0.29, 0.717) is 0 Å². The van der Waals surface area contributed by atoms with Crippen LogP contribution < -0.4 is 0 Å². The van der Waals surface area contributed by atoms with Crippen LogP contribution in [0, 0.1) is 0 Å². The lowest BCUT2D eigenvalue weighted by atomic mass is 10.3.